The molecule has 0 radical (unpaired) electrons. The summed E-state index contributed by atoms with van der Waals surface area (Å²) in [6.45, 7) is 6.16. The lowest BCUT2D eigenvalue weighted by Crippen LogP contribution is -2.20. The molecule has 4 aromatic rings. The molecule has 0 bridgehead atoms. The minimum absolute atomic E-state index is 0.0946. The molecule has 2 N–H and O–H groups in total. The van der Waals surface area contributed by atoms with Gasteiger partial charge >= 0.3 is 0 Å². The van der Waals surface area contributed by atoms with Gasteiger partial charge in [0.15, 0.2) is 0 Å². The standard InChI is InChI=1S/C30H28FN9/c1-29(2,3)18-36-27-22(14-34)15-35-26-21(13-33)10-23(11-24(26)27)37-28(20-6-4-5-19(9-20)12-32)25-16-40(39-38-25)30(17-31)7-8-30/h4-6,9-11,15-16,28,37H,7-8,17-18H2,1-3H3,(H,35,36)/t28-/m1/s1/i28D. The molecule has 9 nitrogen and oxygen atoms in total. The molecule has 1 fully saturated rings. The number of nitriles is 3. The number of aromatic nitrogens is 4. The number of hydrogen-bond donors (Lipinski definition) is 2. The van der Waals surface area contributed by atoms with Crippen molar-refractivity contribution < 1.29 is 5.76 Å². The summed E-state index contributed by atoms with van der Waals surface area (Å²) in [6.07, 6.45) is 4.26. The Morgan fingerprint density at radius 1 is 1.12 bits per heavy atom. The molecule has 2 aromatic carbocycles. The Morgan fingerprint density at radius 3 is 2.55 bits per heavy atom. The maximum absolute atomic E-state index is 13.8. The third-order valence-electron chi connectivity index (χ3n) is 6.87. The van der Waals surface area contributed by atoms with E-state index in [0.717, 1.165) is 0 Å². The molecule has 1 saturated carbocycles. The van der Waals surface area contributed by atoms with Crippen molar-refractivity contribution in [2.45, 2.75) is 45.2 Å². The monoisotopic (exact) mass is 534 g/mol. The number of fused-ring (bicyclic) bond motifs is 1. The Labute approximate surface area is 233 Å². The van der Waals surface area contributed by atoms with Gasteiger partial charge in [-0.1, -0.05) is 38.1 Å². The van der Waals surface area contributed by atoms with Crippen LogP contribution in [0.1, 0.15) is 68.9 Å². The Morgan fingerprint density at radius 2 is 1.90 bits per heavy atom. The molecule has 0 unspecified atom stereocenters. The van der Waals surface area contributed by atoms with Crippen LogP contribution in [0.4, 0.5) is 15.8 Å². The Hall–Kier alpha value is -5.01. The van der Waals surface area contributed by atoms with Crippen molar-refractivity contribution in [2.75, 3.05) is 23.9 Å². The summed E-state index contributed by atoms with van der Waals surface area (Å²) in [4.78, 5) is 4.39. The second-order valence-electron chi connectivity index (χ2n) is 11.2. The second-order valence-corrected chi connectivity index (χ2v) is 11.2. The smallest absolute Gasteiger partial charge is 0.115 e. The van der Waals surface area contributed by atoms with Crippen LogP contribution in [-0.2, 0) is 5.54 Å². The van der Waals surface area contributed by atoms with Crippen molar-refractivity contribution >= 4 is 22.3 Å². The number of rotatable bonds is 8. The average Bonchev–Trinajstić information content (AvgIpc) is 3.60. The summed E-state index contributed by atoms with van der Waals surface area (Å²) in [5.74, 6) is 0. The van der Waals surface area contributed by atoms with Crippen molar-refractivity contribution in [1.29, 1.82) is 15.8 Å². The van der Waals surface area contributed by atoms with Gasteiger partial charge in [-0.25, -0.2) is 9.07 Å². The number of halogens is 1. The minimum Gasteiger partial charge on any atom is -0.383 e. The number of anilines is 2. The van der Waals surface area contributed by atoms with Crippen LogP contribution in [0.25, 0.3) is 10.9 Å². The van der Waals surface area contributed by atoms with E-state index in [2.05, 4.69) is 64.9 Å². The molecule has 0 amide bonds. The van der Waals surface area contributed by atoms with Crippen LogP contribution in [0, 0.1) is 39.4 Å². The fraction of sp³-hybridized carbons (Fsp3) is 0.333. The predicted octanol–water partition coefficient (Wildman–Crippen LogP) is 5.56. The summed E-state index contributed by atoms with van der Waals surface area (Å²) in [7, 11) is 0. The van der Waals surface area contributed by atoms with Gasteiger partial charge in [0, 0.05) is 23.8 Å². The van der Waals surface area contributed by atoms with E-state index in [1.54, 1.807) is 42.6 Å². The predicted molar refractivity (Wildman–Crippen MR) is 149 cm³/mol. The van der Waals surface area contributed by atoms with Crippen LogP contribution in [0.15, 0.2) is 48.8 Å². The first-order chi connectivity index (χ1) is 19.6. The fourth-order valence-electron chi connectivity index (χ4n) is 4.44. The van der Waals surface area contributed by atoms with E-state index in [-0.39, 0.29) is 16.7 Å². The first-order valence-electron chi connectivity index (χ1n) is 13.3. The summed E-state index contributed by atoms with van der Waals surface area (Å²) in [5.41, 5.74) is 2.03. The lowest BCUT2D eigenvalue weighted by atomic mass is 9.96. The van der Waals surface area contributed by atoms with Crippen LogP contribution < -0.4 is 10.6 Å². The molecule has 200 valence electrons. The van der Waals surface area contributed by atoms with Gasteiger partial charge in [0.2, 0.25) is 0 Å². The van der Waals surface area contributed by atoms with Crippen molar-refractivity contribution in [3.63, 3.8) is 0 Å². The summed E-state index contributed by atoms with van der Waals surface area (Å²) in [6, 6.07) is 14.6. The van der Waals surface area contributed by atoms with E-state index in [9.17, 15) is 21.5 Å². The summed E-state index contributed by atoms with van der Waals surface area (Å²) < 4.78 is 24.9. The number of benzene rings is 2. The third-order valence-corrected chi connectivity index (χ3v) is 6.87. The SMILES string of the molecule is [2H][C@@](Nc1cc(C#N)c2ncc(C#N)c(NCC(C)(C)C)c2c1)(c1cccc(C#N)c1)c1cn(C2(CF)CC2)nn1. The number of nitrogens with zero attached hydrogens (tertiary/aromatic N) is 7. The van der Waals surface area contributed by atoms with Crippen molar-refractivity contribution in [3.05, 3.63) is 76.7 Å². The highest BCUT2D eigenvalue weighted by Gasteiger charge is 2.46. The van der Waals surface area contributed by atoms with E-state index in [1.165, 1.54) is 10.9 Å². The third kappa shape index (κ3) is 5.15. The van der Waals surface area contributed by atoms with Gasteiger partial charge in [-0.15, -0.1) is 5.10 Å². The number of nitrogens with one attached hydrogen (secondary N) is 2. The normalized spacial score (nSPS) is 15.7. The molecular weight excluding hydrogens is 505 g/mol. The number of pyridine rings is 1. The van der Waals surface area contributed by atoms with E-state index in [0.29, 0.717) is 58.4 Å². The van der Waals surface area contributed by atoms with Gasteiger partial charge < -0.3 is 10.6 Å². The van der Waals surface area contributed by atoms with E-state index >= 15 is 0 Å². The van der Waals surface area contributed by atoms with Gasteiger partial charge in [-0.2, -0.15) is 15.8 Å². The first kappa shape index (κ1) is 25.3. The van der Waals surface area contributed by atoms with Crippen LogP contribution in [0.3, 0.4) is 0 Å². The Kier molecular flexibility index (Phi) is 6.50. The average molecular weight is 535 g/mol. The zero-order valence-electron chi connectivity index (χ0n) is 23.5. The molecule has 10 heteroatoms. The first-order valence-corrected chi connectivity index (χ1v) is 12.8. The molecule has 0 spiro atoms. The van der Waals surface area contributed by atoms with Crippen LogP contribution in [0.2, 0.25) is 0 Å². The van der Waals surface area contributed by atoms with Crippen molar-refractivity contribution in [1.82, 2.24) is 20.0 Å². The quantitative estimate of drug-likeness (QED) is 0.300. The number of hydrogen-bond acceptors (Lipinski definition) is 8. The Bertz CT molecular complexity index is 1770. The highest BCUT2D eigenvalue weighted by Crippen LogP contribution is 2.43. The lowest BCUT2D eigenvalue weighted by molar-refractivity contribution is 0.309. The van der Waals surface area contributed by atoms with E-state index < -0.39 is 18.2 Å². The van der Waals surface area contributed by atoms with Gasteiger partial charge in [-0.05, 0) is 48.1 Å². The largest absolute Gasteiger partial charge is 0.383 e. The zero-order chi connectivity index (χ0) is 29.4. The minimum atomic E-state index is -1.77. The highest BCUT2D eigenvalue weighted by atomic mass is 19.1. The zero-order valence-corrected chi connectivity index (χ0v) is 22.5. The molecule has 0 aliphatic heterocycles. The van der Waals surface area contributed by atoms with E-state index in [1.807, 2.05) is 0 Å². The maximum atomic E-state index is 13.8. The summed E-state index contributed by atoms with van der Waals surface area (Å²) in [5, 5.41) is 44.9. The molecule has 1 atom stereocenters. The van der Waals surface area contributed by atoms with Gasteiger partial charge in [0.25, 0.3) is 0 Å². The topological polar surface area (TPSA) is 139 Å². The lowest BCUT2D eigenvalue weighted by Gasteiger charge is -2.22. The van der Waals surface area contributed by atoms with Crippen molar-refractivity contribution in [3.8, 4) is 18.2 Å². The molecule has 0 saturated heterocycles. The van der Waals surface area contributed by atoms with Gasteiger partial charge in [-0.3, -0.25) is 4.98 Å². The number of alkyl halides is 1. The molecule has 40 heavy (non-hydrogen) atoms. The molecule has 2 aromatic heterocycles. The van der Waals surface area contributed by atoms with Crippen LogP contribution in [-0.4, -0.2) is 33.2 Å². The maximum Gasteiger partial charge on any atom is 0.115 e. The van der Waals surface area contributed by atoms with Crippen LogP contribution >= 0.6 is 0 Å². The molecule has 1 aliphatic carbocycles. The molecule has 1 aliphatic rings. The molecule has 2 heterocycles. The van der Waals surface area contributed by atoms with Gasteiger partial charge in [0.05, 0.1) is 53.1 Å². The van der Waals surface area contributed by atoms with Crippen LogP contribution in [0.5, 0.6) is 0 Å². The summed E-state index contributed by atoms with van der Waals surface area (Å²) >= 11 is 0. The van der Waals surface area contributed by atoms with E-state index in [4.69, 9.17) is 0 Å². The van der Waals surface area contributed by atoms with Crippen molar-refractivity contribution in [2.24, 2.45) is 5.41 Å². The fourth-order valence-corrected chi connectivity index (χ4v) is 4.44. The molecular formula is C30H28FN9. The second kappa shape index (κ2) is 10.3. The Balaban J connectivity index is 1.67. The molecule has 5 rings (SSSR count). The van der Waals surface area contributed by atoms with Gasteiger partial charge in [0.1, 0.15) is 24.5 Å². The highest BCUT2D eigenvalue weighted by molar-refractivity contribution is 5.99.